The molecule has 1 aromatic carbocycles. The molecule has 3 aromatic rings. The number of aromatic nitrogens is 3. The molecule has 5 rings (SSSR count). The van der Waals surface area contributed by atoms with E-state index >= 15 is 0 Å². The van der Waals surface area contributed by atoms with Gasteiger partial charge in [0.25, 0.3) is 5.91 Å². The number of hydrogen-bond donors (Lipinski definition) is 2. The van der Waals surface area contributed by atoms with Crippen molar-refractivity contribution < 1.29 is 19.8 Å². The number of nitrogens with zero attached hydrogens (tertiary/aromatic N) is 4. The van der Waals surface area contributed by atoms with Crippen molar-refractivity contribution in [2.45, 2.75) is 51.9 Å². The van der Waals surface area contributed by atoms with Crippen LogP contribution >= 0.6 is 11.3 Å². The van der Waals surface area contributed by atoms with Gasteiger partial charge in [-0.3, -0.25) is 14.3 Å². The van der Waals surface area contributed by atoms with Gasteiger partial charge >= 0.3 is 0 Å². The molecule has 180 valence electrons. The summed E-state index contributed by atoms with van der Waals surface area (Å²) in [5.41, 5.74) is 1.80. The fourth-order valence-electron chi connectivity index (χ4n) is 5.28. The van der Waals surface area contributed by atoms with E-state index in [1.165, 1.54) is 6.07 Å². The van der Waals surface area contributed by atoms with Crippen LogP contribution in [-0.4, -0.2) is 61.3 Å². The molecular weight excluding hydrogens is 452 g/mol. The number of thiazole rings is 1. The number of amides is 1. The van der Waals surface area contributed by atoms with Crippen LogP contribution in [0, 0.1) is 12.3 Å². The van der Waals surface area contributed by atoms with E-state index in [9.17, 15) is 19.8 Å². The first-order chi connectivity index (χ1) is 16.0. The van der Waals surface area contributed by atoms with E-state index < -0.39 is 5.41 Å². The number of fused-ring (bicyclic) bond motifs is 2. The summed E-state index contributed by atoms with van der Waals surface area (Å²) < 4.78 is 1.62. The standard InChI is InChI=1S/C25H30N4O4S/c1-14-16-9-15(10-17(31)21(16)28(4)27-14)22(33)29-7-5-25(6-8-29)11-18(32)20-19(12-25)34-23(26-20)24(2,3)13-30/h9-10,30-31H,5-8,11-13H2,1-4H3. The third kappa shape index (κ3) is 3.62. The van der Waals surface area contributed by atoms with Gasteiger partial charge in [0.15, 0.2) is 5.78 Å². The zero-order valence-corrected chi connectivity index (χ0v) is 20.8. The highest BCUT2D eigenvalue weighted by Gasteiger charge is 2.44. The summed E-state index contributed by atoms with van der Waals surface area (Å²) in [6.07, 6.45) is 2.74. The van der Waals surface area contributed by atoms with Gasteiger partial charge in [0.1, 0.15) is 22.0 Å². The van der Waals surface area contributed by atoms with Gasteiger partial charge < -0.3 is 15.1 Å². The average molecular weight is 483 g/mol. The Morgan fingerprint density at radius 1 is 1.24 bits per heavy atom. The van der Waals surface area contributed by atoms with Crippen LogP contribution < -0.4 is 0 Å². The molecule has 2 aliphatic rings. The van der Waals surface area contributed by atoms with E-state index in [1.807, 2.05) is 31.7 Å². The molecule has 0 bridgehead atoms. The molecule has 1 spiro atoms. The van der Waals surface area contributed by atoms with E-state index in [1.54, 1.807) is 23.1 Å². The van der Waals surface area contributed by atoms with Crippen LogP contribution in [0.2, 0.25) is 0 Å². The van der Waals surface area contributed by atoms with Gasteiger partial charge in [-0.05, 0) is 43.7 Å². The van der Waals surface area contributed by atoms with E-state index in [0.29, 0.717) is 36.3 Å². The van der Waals surface area contributed by atoms with E-state index in [0.717, 1.165) is 40.2 Å². The zero-order valence-electron chi connectivity index (χ0n) is 20.0. The highest BCUT2D eigenvalue weighted by atomic mass is 32.1. The van der Waals surface area contributed by atoms with Gasteiger partial charge in [0.05, 0.1) is 12.3 Å². The number of phenols is 1. The number of aromatic hydroxyl groups is 1. The van der Waals surface area contributed by atoms with Crippen LogP contribution in [0.1, 0.15) is 69.5 Å². The molecule has 1 fully saturated rings. The summed E-state index contributed by atoms with van der Waals surface area (Å²) in [6.45, 7) is 6.85. The van der Waals surface area contributed by atoms with Crippen molar-refractivity contribution in [3.05, 3.63) is 39.0 Å². The number of piperidine rings is 1. The van der Waals surface area contributed by atoms with Crippen molar-refractivity contribution in [1.82, 2.24) is 19.7 Å². The minimum absolute atomic E-state index is 0.0181. The molecule has 2 N–H and O–H groups in total. The lowest BCUT2D eigenvalue weighted by molar-refractivity contribution is 0.0521. The normalized spacial score (nSPS) is 18.0. The van der Waals surface area contributed by atoms with Gasteiger partial charge in [-0.15, -0.1) is 11.3 Å². The van der Waals surface area contributed by atoms with Gasteiger partial charge in [0, 0.05) is 47.8 Å². The molecule has 1 aliphatic carbocycles. The Labute approximate surface area is 202 Å². The lowest BCUT2D eigenvalue weighted by Crippen LogP contribution is -2.46. The number of likely N-dealkylation sites (tertiary alicyclic amines) is 1. The van der Waals surface area contributed by atoms with Gasteiger partial charge in [-0.2, -0.15) is 5.10 Å². The maximum atomic E-state index is 13.3. The molecule has 0 unspecified atom stereocenters. The maximum absolute atomic E-state index is 13.3. The second-order valence-electron chi connectivity index (χ2n) is 10.5. The third-order valence-corrected chi connectivity index (χ3v) is 8.89. The minimum Gasteiger partial charge on any atom is -0.506 e. The number of aliphatic hydroxyl groups is 1. The molecule has 9 heteroatoms. The summed E-state index contributed by atoms with van der Waals surface area (Å²) in [4.78, 5) is 33.7. The number of aryl methyl sites for hydroxylation is 2. The molecule has 0 saturated carbocycles. The Hall–Kier alpha value is -2.78. The predicted octanol–water partition coefficient (Wildman–Crippen LogP) is 3.37. The monoisotopic (exact) mass is 482 g/mol. The quantitative estimate of drug-likeness (QED) is 0.593. The fraction of sp³-hybridized carbons (Fsp3) is 0.520. The second kappa shape index (κ2) is 7.88. The molecule has 1 saturated heterocycles. The molecule has 34 heavy (non-hydrogen) atoms. The summed E-state index contributed by atoms with van der Waals surface area (Å²) in [5, 5.41) is 26.1. The first-order valence-corrected chi connectivity index (χ1v) is 12.5. The number of rotatable bonds is 3. The number of ketones is 1. The van der Waals surface area contributed by atoms with E-state index in [4.69, 9.17) is 0 Å². The third-order valence-electron chi connectivity index (χ3n) is 7.47. The van der Waals surface area contributed by atoms with Crippen LogP contribution in [0.3, 0.4) is 0 Å². The minimum atomic E-state index is -0.468. The first-order valence-electron chi connectivity index (χ1n) is 11.6. The predicted molar refractivity (Wildman–Crippen MR) is 130 cm³/mol. The van der Waals surface area contributed by atoms with Crippen molar-refractivity contribution in [1.29, 1.82) is 0 Å². The molecular formula is C25H30N4O4S. The fourth-order valence-corrected chi connectivity index (χ4v) is 6.63. The molecule has 1 aliphatic heterocycles. The van der Waals surface area contributed by atoms with Gasteiger partial charge in [0.2, 0.25) is 0 Å². The molecule has 8 nitrogen and oxygen atoms in total. The average Bonchev–Trinajstić information content (AvgIpc) is 3.35. The summed E-state index contributed by atoms with van der Waals surface area (Å²) in [5.74, 6) is 0.0113. The number of carbonyl (C=O) groups is 2. The first kappa shape index (κ1) is 23.0. The van der Waals surface area contributed by atoms with Gasteiger partial charge in [-0.1, -0.05) is 13.8 Å². The molecule has 2 aromatic heterocycles. The number of phenolic OH excluding ortho intramolecular Hbond substituents is 1. The van der Waals surface area contributed by atoms with Crippen molar-refractivity contribution in [3.63, 3.8) is 0 Å². The highest BCUT2D eigenvalue weighted by molar-refractivity contribution is 7.12. The molecule has 3 heterocycles. The topological polar surface area (TPSA) is 109 Å². The Bertz CT molecular complexity index is 1310. The van der Waals surface area contributed by atoms with Crippen LogP contribution in [0.15, 0.2) is 12.1 Å². The largest absolute Gasteiger partial charge is 0.506 e. The van der Waals surface area contributed by atoms with E-state index in [-0.39, 0.29) is 29.5 Å². The Kier molecular flexibility index (Phi) is 5.33. The SMILES string of the molecule is Cc1nn(C)c2c(O)cc(C(=O)N3CCC4(CC3)CC(=O)c3nc(C(C)(C)CO)sc3C4)cc12. The van der Waals surface area contributed by atoms with Crippen molar-refractivity contribution in [3.8, 4) is 5.75 Å². The lowest BCUT2D eigenvalue weighted by atomic mass is 9.68. The van der Waals surface area contributed by atoms with Crippen LogP contribution in [0.4, 0.5) is 0 Å². The number of benzene rings is 1. The number of hydrogen-bond acceptors (Lipinski definition) is 7. The molecule has 0 atom stereocenters. The Morgan fingerprint density at radius 3 is 2.62 bits per heavy atom. The second-order valence-corrected chi connectivity index (χ2v) is 11.6. The zero-order chi connectivity index (χ0) is 24.4. The number of aliphatic hydroxyl groups excluding tert-OH is 1. The highest BCUT2D eigenvalue weighted by Crippen LogP contribution is 2.46. The van der Waals surface area contributed by atoms with Gasteiger partial charge in [-0.25, -0.2) is 4.98 Å². The summed E-state index contributed by atoms with van der Waals surface area (Å²) >= 11 is 1.54. The van der Waals surface area contributed by atoms with Crippen molar-refractivity contribution >= 4 is 33.9 Å². The van der Waals surface area contributed by atoms with Crippen LogP contribution in [0.25, 0.3) is 10.9 Å². The number of Topliss-reactive ketones (excluding diaryl/α,β-unsaturated/α-hetero) is 1. The van der Waals surface area contributed by atoms with Crippen LogP contribution in [0.5, 0.6) is 5.75 Å². The number of carbonyl (C=O) groups excluding carboxylic acids is 2. The Balaban J connectivity index is 1.34. The molecule has 1 amide bonds. The van der Waals surface area contributed by atoms with E-state index in [2.05, 4.69) is 10.1 Å². The lowest BCUT2D eigenvalue weighted by Gasteiger charge is -2.43. The molecule has 0 radical (unpaired) electrons. The Morgan fingerprint density at radius 2 is 1.94 bits per heavy atom. The maximum Gasteiger partial charge on any atom is 0.254 e. The van der Waals surface area contributed by atoms with Crippen molar-refractivity contribution in [2.75, 3.05) is 19.7 Å². The summed E-state index contributed by atoms with van der Waals surface area (Å²) in [7, 11) is 1.77. The smallest absolute Gasteiger partial charge is 0.254 e. The van der Waals surface area contributed by atoms with Crippen LogP contribution in [-0.2, 0) is 18.9 Å². The summed E-state index contributed by atoms with van der Waals surface area (Å²) in [6, 6.07) is 3.33. The van der Waals surface area contributed by atoms with Crippen molar-refractivity contribution in [2.24, 2.45) is 12.5 Å².